The van der Waals surface area contributed by atoms with Crippen LogP contribution in [0.4, 0.5) is 0 Å². The van der Waals surface area contributed by atoms with E-state index in [1.54, 1.807) is 49.2 Å². The van der Waals surface area contributed by atoms with Crippen molar-refractivity contribution in [3.63, 3.8) is 0 Å². The molecule has 1 amide bonds. The van der Waals surface area contributed by atoms with Crippen molar-refractivity contribution in [1.82, 2.24) is 14.7 Å². The number of ether oxygens (including phenoxy) is 2. The number of halogens is 1. The zero-order chi connectivity index (χ0) is 16.3. The van der Waals surface area contributed by atoms with Crippen LogP contribution in [0.3, 0.4) is 0 Å². The number of nitrogens with zero attached hydrogens (tertiary/aromatic N) is 3. The van der Waals surface area contributed by atoms with Crippen molar-refractivity contribution in [1.29, 1.82) is 0 Å². The molecule has 6 nitrogen and oxygen atoms in total. The topological polar surface area (TPSA) is 56.6 Å². The minimum Gasteiger partial charge on any atom is -0.495 e. The lowest BCUT2D eigenvalue weighted by Gasteiger charge is -2.18. The monoisotopic (exact) mass is 367 g/mol. The first-order valence-corrected chi connectivity index (χ1v) is 7.40. The Hall–Kier alpha value is -2.02. The zero-order valence-electron chi connectivity index (χ0n) is 13.0. The summed E-state index contributed by atoms with van der Waals surface area (Å²) in [4.78, 5) is 14.2. The molecule has 0 saturated heterocycles. The molecule has 2 aromatic rings. The van der Waals surface area contributed by atoms with Crippen molar-refractivity contribution in [3.8, 4) is 11.5 Å². The van der Waals surface area contributed by atoms with Crippen LogP contribution in [0.2, 0.25) is 0 Å². The fraction of sp³-hybridized carbons (Fsp3) is 0.333. The second kappa shape index (κ2) is 6.83. The molecule has 1 heterocycles. The summed E-state index contributed by atoms with van der Waals surface area (Å²) in [6, 6.07) is 3.38. The molecule has 0 aliphatic heterocycles. The standard InChI is InChI=1S/C15H18BrN3O3/c1-18(8-10-7-17-19(2)9-10)15(20)11-5-12(21-3)14(16)13(6-11)22-4/h5-7,9H,8H2,1-4H3. The summed E-state index contributed by atoms with van der Waals surface area (Å²) in [5, 5.41) is 4.10. The second-order valence-corrected chi connectivity index (χ2v) is 5.67. The lowest BCUT2D eigenvalue weighted by Crippen LogP contribution is -2.26. The average molecular weight is 368 g/mol. The van der Waals surface area contributed by atoms with Crippen molar-refractivity contribution in [2.45, 2.75) is 6.54 Å². The molecule has 0 N–H and O–H groups in total. The molecule has 7 heteroatoms. The lowest BCUT2D eigenvalue weighted by molar-refractivity contribution is 0.0784. The number of hydrogen-bond acceptors (Lipinski definition) is 4. The Labute approximate surface area is 137 Å². The Kier molecular flexibility index (Phi) is 5.07. The molecule has 0 atom stereocenters. The van der Waals surface area contributed by atoms with Gasteiger partial charge in [-0.3, -0.25) is 9.48 Å². The Bertz CT molecular complexity index is 659. The molecule has 1 aromatic carbocycles. The number of carbonyl (C=O) groups excluding carboxylic acids is 1. The van der Waals surface area contributed by atoms with E-state index in [9.17, 15) is 4.79 Å². The number of amides is 1. The van der Waals surface area contributed by atoms with Crippen LogP contribution >= 0.6 is 15.9 Å². The zero-order valence-corrected chi connectivity index (χ0v) is 14.5. The summed E-state index contributed by atoms with van der Waals surface area (Å²) >= 11 is 3.39. The van der Waals surface area contributed by atoms with E-state index >= 15 is 0 Å². The van der Waals surface area contributed by atoms with Crippen LogP contribution in [-0.4, -0.2) is 41.9 Å². The van der Waals surface area contributed by atoms with Gasteiger partial charge in [0.1, 0.15) is 16.0 Å². The number of hydrogen-bond donors (Lipinski definition) is 0. The van der Waals surface area contributed by atoms with Gasteiger partial charge in [0.15, 0.2) is 0 Å². The molecular weight excluding hydrogens is 350 g/mol. The summed E-state index contributed by atoms with van der Waals surface area (Å²) in [6.07, 6.45) is 3.62. The maximum Gasteiger partial charge on any atom is 0.254 e. The highest BCUT2D eigenvalue weighted by atomic mass is 79.9. The van der Waals surface area contributed by atoms with Crippen molar-refractivity contribution >= 4 is 21.8 Å². The van der Waals surface area contributed by atoms with Crippen molar-refractivity contribution < 1.29 is 14.3 Å². The fourth-order valence-corrected chi connectivity index (χ4v) is 2.67. The smallest absolute Gasteiger partial charge is 0.254 e. The van der Waals surface area contributed by atoms with Gasteiger partial charge in [0.25, 0.3) is 5.91 Å². The molecular formula is C15H18BrN3O3. The number of benzene rings is 1. The molecule has 1 aromatic heterocycles. The molecule has 0 saturated carbocycles. The van der Waals surface area contributed by atoms with E-state index in [2.05, 4.69) is 21.0 Å². The predicted octanol–water partition coefficient (Wildman–Crippen LogP) is 2.47. The van der Waals surface area contributed by atoms with Gasteiger partial charge >= 0.3 is 0 Å². The molecule has 0 aliphatic carbocycles. The maximum atomic E-state index is 12.6. The number of aryl methyl sites for hydroxylation is 1. The van der Waals surface area contributed by atoms with Crippen LogP contribution in [0.5, 0.6) is 11.5 Å². The molecule has 0 spiro atoms. The van der Waals surface area contributed by atoms with Crippen LogP contribution in [0, 0.1) is 0 Å². The molecule has 0 aliphatic rings. The summed E-state index contributed by atoms with van der Waals surface area (Å²) in [5.74, 6) is 0.989. The summed E-state index contributed by atoms with van der Waals surface area (Å²) in [5.41, 5.74) is 1.47. The molecule has 2 rings (SSSR count). The van der Waals surface area contributed by atoms with E-state index in [1.165, 1.54) is 0 Å². The Morgan fingerprint density at radius 1 is 1.32 bits per heavy atom. The molecule has 0 bridgehead atoms. The van der Waals surface area contributed by atoms with Crippen molar-refractivity contribution in [2.75, 3.05) is 21.3 Å². The summed E-state index contributed by atoms with van der Waals surface area (Å²) < 4.78 is 12.9. The van der Waals surface area contributed by atoms with Crippen molar-refractivity contribution in [2.24, 2.45) is 7.05 Å². The lowest BCUT2D eigenvalue weighted by atomic mass is 10.1. The van der Waals surface area contributed by atoms with Crippen LogP contribution in [0.25, 0.3) is 0 Å². The summed E-state index contributed by atoms with van der Waals surface area (Å²) in [7, 11) is 6.69. The molecule has 0 radical (unpaired) electrons. The van der Waals surface area contributed by atoms with Gasteiger partial charge in [0, 0.05) is 38.0 Å². The van der Waals surface area contributed by atoms with Crippen LogP contribution < -0.4 is 9.47 Å². The van der Waals surface area contributed by atoms with E-state index in [1.807, 2.05) is 13.2 Å². The third kappa shape index (κ3) is 3.41. The van der Waals surface area contributed by atoms with Crippen LogP contribution in [0.1, 0.15) is 15.9 Å². The van der Waals surface area contributed by atoms with Gasteiger partial charge in [0.05, 0.1) is 20.4 Å². The third-order valence-electron chi connectivity index (χ3n) is 3.22. The van der Waals surface area contributed by atoms with Crippen molar-refractivity contribution in [3.05, 3.63) is 40.1 Å². The average Bonchev–Trinajstić information content (AvgIpc) is 2.91. The largest absolute Gasteiger partial charge is 0.495 e. The highest BCUT2D eigenvalue weighted by Crippen LogP contribution is 2.35. The van der Waals surface area contributed by atoms with Gasteiger partial charge in [-0.05, 0) is 28.1 Å². The first-order chi connectivity index (χ1) is 10.5. The number of aromatic nitrogens is 2. The molecule has 118 valence electrons. The van der Waals surface area contributed by atoms with Gasteiger partial charge < -0.3 is 14.4 Å². The highest BCUT2D eigenvalue weighted by molar-refractivity contribution is 9.10. The van der Waals surface area contributed by atoms with E-state index in [0.717, 1.165) is 5.56 Å². The predicted molar refractivity (Wildman–Crippen MR) is 86.3 cm³/mol. The highest BCUT2D eigenvalue weighted by Gasteiger charge is 2.18. The van der Waals surface area contributed by atoms with E-state index < -0.39 is 0 Å². The number of carbonyl (C=O) groups is 1. The van der Waals surface area contributed by atoms with E-state index in [0.29, 0.717) is 28.1 Å². The van der Waals surface area contributed by atoms with Gasteiger partial charge in [-0.25, -0.2) is 0 Å². The molecule has 22 heavy (non-hydrogen) atoms. The van der Waals surface area contributed by atoms with E-state index in [-0.39, 0.29) is 5.91 Å². The van der Waals surface area contributed by atoms with Crippen LogP contribution in [-0.2, 0) is 13.6 Å². The summed E-state index contributed by atoms with van der Waals surface area (Å²) in [6.45, 7) is 0.480. The fourth-order valence-electron chi connectivity index (χ4n) is 2.11. The third-order valence-corrected chi connectivity index (χ3v) is 4.00. The Balaban J connectivity index is 2.24. The number of methoxy groups -OCH3 is 2. The molecule has 0 fully saturated rings. The first-order valence-electron chi connectivity index (χ1n) is 6.60. The SMILES string of the molecule is COc1cc(C(=O)N(C)Cc2cnn(C)c2)cc(OC)c1Br. The Morgan fingerprint density at radius 2 is 1.91 bits per heavy atom. The first kappa shape index (κ1) is 16.4. The maximum absolute atomic E-state index is 12.6. The van der Waals surface area contributed by atoms with Gasteiger partial charge in [-0.2, -0.15) is 5.10 Å². The second-order valence-electron chi connectivity index (χ2n) is 4.88. The minimum atomic E-state index is -0.118. The number of rotatable bonds is 5. The minimum absolute atomic E-state index is 0.118. The normalized spacial score (nSPS) is 10.4. The van der Waals surface area contributed by atoms with Gasteiger partial charge in [-0.15, -0.1) is 0 Å². The van der Waals surface area contributed by atoms with Crippen LogP contribution in [0.15, 0.2) is 29.0 Å². The quantitative estimate of drug-likeness (QED) is 0.814. The molecule has 0 unspecified atom stereocenters. The van der Waals surface area contributed by atoms with E-state index in [4.69, 9.17) is 9.47 Å². The van der Waals surface area contributed by atoms with Gasteiger partial charge in [0.2, 0.25) is 0 Å². The Morgan fingerprint density at radius 3 is 2.36 bits per heavy atom. The van der Waals surface area contributed by atoms with Gasteiger partial charge in [-0.1, -0.05) is 0 Å².